The normalized spacial score (nSPS) is 14.9. The van der Waals surface area contributed by atoms with E-state index < -0.39 is 0 Å². The molecule has 84 valence electrons. The molecular weight excluding hydrogens is 250 g/mol. The van der Waals surface area contributed by atoms with Crippen molar-refractivity contribution < 1.29 is 0 Å². The molecule has 0 heterocycles. The lowest BCUT2D eigenvalue weighted by atomic mass is 9.81. The minimum absolute atomic E-state index is 0.364. The lowest BCUT2D eigenvalue weighted by Gasteiger charge is -2.28. The third-order valence-corrected chi connectivity index (χ3v) is 3.53. The Morgan fingerprint density at radius 1 is 1.27 bits per heavy atom. The number of hydrogen-bond donors (Lipinski definition) is 1. The monoisotopic (exact) mass is 269 g/mol. The Balaban J connectivity index is 2.70. The summed E-state index contributed by atoms with van der Waals surface area (Å²) in [6, 6.07) is 8.64. The van der Waals surface area contributed by atoms with Gasteiger partial charge in [0.1, 0.15) is 0 Å². The second-order valence-electron chi connectivity index (χ2n) is 4.50. The summed E-state index contributed by atoms with van der Waals surface area (Å²) in [7, 11) is 2.02. The minimum Gasteiger partial charge on any atom is -0.319 e. The summed E-state index contributed by atoms with van der Waals surface area (Å²) in [6.07, 6.45) is 2.33. The molecule has 1 rings (SSSR count). The van der Waals surface area contributed by atoms with Crippen molar-refractivity contribution in [3.05, 3.63) is 34.3 Å². The zero-order valence-corrected chi connectivity index (χ0v) is 11.4. The highest BCUT2D eigenvalue weighted by atomic mass is 79.9. The van der Waals surface area contributed by atoms with Crippen molar-refractivity contribution >= 4 is 15.9 Å². The van der Waals surface area contributed by atoms with Crippen LogP contribution in [0.3, 0.4) is 0 Å². The highest BCUT2D eigenvalue weighted by Gasteiger charge is 2.21. The Hall–Kier alpha value is -0.340. The summed E-state index contributed by atoms with van der Waals surface area (Å²) in [5.74, 6) is 0. The molecule has 2 heteroatoms. The fourth-order valence-electron chi connectivity index (χ4n) is 1.83. The maximum Gasteiger partial charge on any atom is 0.0175 e. The summed E-state index contributed by atoms with van der Waals surface area (Å²) in [4.78, 5) is 0. The molecule has 0 aliphatic carbocycles. The van der Waals surface area contributed by atoms with Crippen molar-refractivity contribution in [2.45, 2.75) is 26.7 Å². The molecule has 1 aromatic rings. The fourth-order valence-corrected chi connectivity index (χ4v) is 2.10. The second kappa shape index (κ2) is 5.66. The van der Waals surface area contributed by atoms with Crippen LogP contribution in [0.1, 0.15) is 25.8 Å². The molecule has 0 saturated carbocycles. The van der Waals surface area contributed by atoms with Crippen LogP contribution < -0.4 is 5.32 Å². The summed E-state index contributed by atoms with van der Waals surface area (Å²) in [5.41, 5.74) is 1.78. The Bertz CT molecular complexity index is 294. The van der Waals surface area contributed by atoms with Gasteiger partial charge in [0.25, 0.3) is 0 Å². The Kier molecular flexibility index (Phi) is 4.81. The maximum atomic E-state index is 3.46. The van der Waals surface area contributed by atoms with Crippen LogP contribution in [0, 0.1) is 5.41 Å². The van der Waals surface area contributed by atoms with E-state index in [1.807, 2.05) is 7.05 Å². The smallest absolute Gasteiger partial charge is 0.0175 e. The number of rotatable bonds is 5. The van der Waals surface area contributed by atoms with Crippen molar-refractivity contribution in [3.8, 4) is 0 Å². The number of halogens is 1. The minimum atomic E-state index is 0.364. The van der Waals surface area contributed by atoms with Gasteiger partial charge >= 0.3 is 0 Å². The van der Waals surface area contributed by atoms with Crippen molar-refractivity contribution in [2.24, 2.45) is 5.41 Å². The summed E-state index contributed by atoms with van der Waals surface area (Å²) >= 11 is 3.46. The second-order valence-corrected chi connectivity index (χ2v) is 5.41. The van der Waals surface area contributed by atoms with E-state index in [1.54, 1.807) is 0 Å². The molecule has 0 fully saturated rings. The van der Waals surface area contributed by atoms with Gasteiger partial charge in [0, 0.05) is 11.0 Å². The topological polar surface area (TPSA) is 12.0 Å². The van der Waals surface area contributed by atoms with E-state index in [1.165, 1.54) is 12.0 Å². The lowest BCUT2D eigenvalue weighted by Crippen LogP contribution is -2.31. The van der Waals surface area contributed by atoms with Crippen molar-refractivity contribution in [1.82, 2.24) is 5.32 Å². The SMILES string of the molecule is CCC(C)(CNC)Cc1ccc(Br)cc1. The molecule has 1 unspecified atom stereocenters. The first-order chi connectivity index (χ1) is 7.09. The summed E-state index contributed by atoms with van der Waals surface area (Å²) in [5, 5.41) is 3.28. The van der Waals surface area contributed by atoms with Gasteiger partial charge in [0.2, 0.25) is 0 Å². The first-order valence-corrected chi connectivity index (χ1v) is 6.28. The van der Waals surface area contributed by atoms with Gasteiger partial charge in [-0.15, -0.1) is 0 Å². The van der Waals surface area contributed by atoms with E-state index in [0.717, 1.165) is 17.4 Å². The van der Waals surface area contributed by atoms with E-state index in [2.05, 4.69) is 59.4 Å². The molecule has 1 aromatic carbocycles. The molecule has 15 heavy (non-hydrogen) atoms. The van der Waals surface area contributed by atoms with Gasteiger partial charge < -0.3 is 5.32 Å². The standard InChI is InChI=1S/C13H20BrN/c1-4-13(2,10-15-3)9-11-5-7-12(14)8-6-11/h5-8,15H,4,9-10H2,1-3H3. The molecule has 0 aromatic heterocycles. The van der Waals surface area contributed by atoms with Crippen LogP contribution in [-0.2, 0) is 6.42 Å². The molecule has 0 aliphatic heterocycles. The zero-order valence-electron chi connectivity index (χ0n) is 9.81. The maximum absolute atomic E-state index is 3.46. The molecule has 0 amide bonds. The predicted molar refractivity (Wildman–Crippen MR) is 70.2 cm³/mol. The molecule has 0 bridgehead atoms. The van der Waals surface area contributed by atoms with Crippen molar-refractivity contribution in [3.63, 3.8) is 0 Å². The summed E-state index contributed by atoms with van der Waals surface area (Å²) in [6.45, 7) is 5.67. The Morgan fingerprint density at radius 3 is 2.33 bits per heavy atom. The van der Waals surface area contributed by atoms with Crippen molar-refractivity contribution in [2.75, 3.05) is 13.6 Å². The van der Waals surface area contributed by atoms with Crippen LogP contribution in [0.15, 0.2) is 28.7 Å². The average Bonchev–Trinajstić information content (AvgIpc) is 2.22. The van der Waals surface area contributed by atoms with Gasteiger partial charge in [-0.25, -0.2) is 0 Å². The van der Waals surface area contributed by atoms with Crippen molar-refractivity contribution in [1.29, 1.82) is 0 Å². The third-order valence-electron chi connectivity index (χ3n) is 3.00. The van der Waals surface area contributed by atoms with Crippen LogP contribution >= 0.6 is 15.9 Å². The molecule has 0 radical (unpaired) electrons. The number of hydrogen-bond acceptors (Lipinski definition) is 1. The molecule has 1 atom stereocenters. The molecule has 1 nitrogen and oxygen atoms in total. The van der Waals surface area contributed by atoms with Gasteiger partial charge in [0.05, 0.1) is 0 Å². The highest BCUT2D eigenvalue weighted by Crippen LogP contribution is 2.26. The third kappa shape index (κ3) is 3.96. The molecule has 0 aliphatic rings. The Labute approximate surface area is 101 Å². The quantitative estimate of drug-likeness (QED) is 0.861. The van der Waals surface area contributed by atoms with Gasteiger partial charge in [0.15, 0.2) is 0 Å². The van der Waals surface area contributed by atoms with Gasteiger partial charge in [-0.1, -0.05) is 41.9 Å². The average molecular weight is 270 g/mol. The molecular formula is C13H20BrN. The Morgan fingerprint density at radius 2 is 1.87 bits per heavy atom. The van der Waals surface area contributed by atoms with Gasteiger partial charge in [-0.2, -0.15) is 0 Å². The predicted octanol–water partition coefficient (Wildman–Crippen LogP) is 3.63. The molecule has 1 N–H and O–H groups in total. The van der Waals surface area contributed by atoms with Gasteiger partial charge in [-0.05, 0) is 43.0 Å². The van der Waals surface area contributed by atoms with Crippen LogP contribution in [0.2, 0.25) is 0 Å². The molecule has 0 saturated heterocycles. The fraction of sp³-hybridized carbons (Fsp3) is 0.538. The van der Waals surface area contributed by atoms with E-state index in [4.69, 9.17) is 0 Å². The van der Waals surface area contributed by atoms with E-state index in [0.29, 0.717) is 5.41 Å². The number of benzene rings is 1. The highest BCUT2D eigenvalue weighted by molar-refractivity contribution is 9.10. The number of nitrogens with one attached hydrogen (secondary N) is 1. The van der Waals surface area contributed by atoms with E-state index in [9.17, 15) is 0 Å². The van der Waals surface area contributed by atoms with Crippen LogP contribution in [0.25, 0.3) is 0 Å². The van der Waals surface area contributed by atoms with Gasteiger partial charge in [-0.3, -0.25) is 0 Å². The zero-order chi connectivity index (χ0) is 11.3. The molecule has 0 spiro atoms. The van der Waals surface area contributed by atoms with E-state index in [-0.39, 0.29) is 0 Å². The van der Waals surface area contributed by atoms with Crippen LogP contribution in [0.4, 0.5) is 0 Å². The first-order valence-electron chi connectivity index (χ1n) is 5.49. The lowest BCUT2D eigenvalue weighted by molar-refractivity contribution is 0.299. The van der Waals surface area contributed by atoms with Crippen LogP contribution in [0.5, 0.6) is 0 Å². The first kappa shape index (κ1) is 12.7. The van der Waals surface area contributed by atoms with Crippen LogP contribution in [-0.4, -0.2) is 13.6 Å². The summed E-state index contributed by atoms with van der Waals surface area (Å²) < 4.78 is 1.15. The largest absolute Gasteiger partial charge is 0.319 e. The van der Waals surface area contributed by atoms with E-state index >= 15 is 0 Å².